The van der Waals surface area contributed by atoms with Gasteiger partial charge in [0, 0.05) is 24.0 Å². The molecule has 1 aliphatic heterocycles. The first kappa shape index (κ1) is 13.2. The number of ether oxygens (including phenoxy) is 1. The third-order valence-corrected chi connectivity index (χ3v) is 3.68. The fourth-order valence-electron chi connectivity index (χ4n) is 2.83. The Morgan fingerprint density at radius 1 is 1.25 bits per heavy atom. The number of benzene rings is 1. The van der Waals surface area contributed by atoms with Crippen molar-refractivity contribution >= 4 is 16.9 Å². The van der Waals surface area contributed by atoms with Crippen molar-refractivity contribution < 1.29 is 13.9 Å². The van der Waals surface area contributed by atoms with Crippen molar-refractivity contribution in [3.63, 3.8) is 0 Å². The van der Waals surface area contributed by atoms with Gasteiger partial charge in [-0.15, -0.1) is 0 Å². The largest absolute Gasteiger partial charge is 0.464 e. The fourth-order valence-corrected chi connectivity index (χ4v) is 2.83. The van der Waals surface area contributed by atoms with E-state index in [1.54, 1.807) is 6.26 Å². The highest BCUT2D eigenvalue weighted by atomic mass is 16.5. The van der Waals surface area contributed by atoms with Gasteiger partial charge in [-0.2, -0.15) is 0 Å². The molecule has 0 radical (unpaired) electrons. The summed E-state index contributed by atoms with van der Waals surface area (Å²) in [5.41, 5.74) is 1.79. The van der Waals surface area contributed by atoms with Crippen LogP contribution >= 0.6 is 0 Å². The van der Waals surface area contributed by atoms with Gasteiger partial charge in [-0.1, -0.05) is 18.2 Å². The van der Waals surface area contributed by atoms with Crippen LogP contribution in [-0.4, -0.2) is 36.1 Å². The maximum atomic E-state index is 12.4. The Morgan fingerprint density at radius 2 is 1.95 bits per heavy atom. The molecule has 0 bridgehead atoms. The van der Waals surface area contributed by atoms with Crippen molar-refractivity contribution in [3.8, 4) is 0 Å². The molecule has 20 heavy (non-hydrogen) atoms. The third kappa shape index (κ3) is 2.56. The molecule has 0 N–H and O–H groups in total. The summed E-state index contributed by atoms with van der Waals surface area (Å²) in [6, 6.07) is 7.81. The van der Waals surface area contributed by atoms with Crippen LogP contribution in [0.15, 0.2) is 34.9 Å². The highest BCUT2D eigenvalue weighted by molar-refractivity contribution is 5.87. The number of carbonyl (C=O) groups excluding carboxylic acids is 1. The summed E-state index contributed by atoms with van der Waals surface area (Å²) in [6.45, 7) is 5.34. The van der Waals surface area contributed by atoms with E-state index in [1.807, 2.05) is 43.0 Å². The van der Waals surface area contributed by atoms with Crippen LogP contribution in [0.2, 0.25) is 0 Å². The van der Waals surface area contributed by atoms with E-state index in [9.17, 15) is 4.79 Å². The van der Waals surface area contributed by atoms with Crippen molar-refractivity contribution in [3.05, 3.63) is 36.1 Å². The quantitative estimate of drug-likeness (QED) is 0.844. The summed E-state index contributed by atoms with van der Waals surface area (Å²) in [7, 11) is 0. The number of furan rings is 1. The second-order valence-corrected chi connectivity index (χ2v) is 5.49. The molecule has 4 nitrogen and oxygen atoms in total. The number of amides is 1. The first-order valence-electron chi connectivity index (χ1n) is 7.02. The third-order valence-electron chi connectivity index (χ3n) is 3.68. The lowest BCUT2D eigenvalue weighted by Gasteiger charge is -2.35. The molecular weight excluding hydrogens is 254 g/mol. The van der Waals surface area contributed by atoms with Crippen LogP contribution in [0, 0.1) is 0 Å². The maximum absolute atomic E-state index is 12.4. The number of para-hydroxylation sites is 1. The Balaban J connectivity index is 1.75. The monoisotopic (exact) mass is 273 g/mol. The van der Waals surface area contributed by atoms with Gasteiger partial charge in [0.15, 0.2) is 0 Å². The molecule has 1 fully saturated rings. The number of hydrogen-bond donors (Lipinski definition) is 0. The molecule has 2 unspecified atom stereocenters. The highest BCUT2D eigenvalue weighted by Crippen LogP contribution is 2.22. The highest BCUT2D eigenvalue weighted by Gasteiger charge is 2.26. The lowest BCUT2D eigenvalue weighted by molar-refractivity contribution is -0.142. The topological polar surface area (TPSA) is 42.7 Å². The molecule has 0 spiro atoms. The van der Waals surface area contributed by atoms with E-state index in [0.29, 0.717) is 19.5 Å². The molecular formula is C16H19NO3. The van der Waals surface area contributed by atoms with Gasteiger partial charge in [0.2, 0.25) is 5.91 Å². The van der Waals surface area contributed by atoms with Gasteiger partial charge in [-0.25, -0.2) is 0 Å². The number of carbonyl (C=O) groups is 1. The van der Waals surface area contributed by atoms with Crippen LogP contribution in [0.3, 0.4) is 0 Å². The molecule has 0 aliphatic carbocycles. The molecule has 1 aliphatic rings. The Morgan fingerprint density at radius 3 is 2.70 bits per heavy atom. The van der Waals surface area contributed by atoms with Gasteiger partial charge in [0.05, 0.1) is 24.9 Å². The number of fused-ring (bicyclic) bond motifs is 1. The van der Waals surface area contributed by atoms with E-state index in [0.717, 1.165) is 16.5 Å². The van der Waals surface area contributed by atoms with Gasteiger partial charge in [-0.3, -0.25) is 4.79 Å². The molecule has 106 valence electrons. The van der Waals surface area contributed by atoms with Crippen molar-refractivity contribution in [1.29, 1.82) is 0 Å². The Hall–Kier alpha value is -1.81. The van der Waals surface area contributed by atoms with Gasteiger partial charge in [0.25, 0.3) is 0 Å². The number of rotatable bonds is 2. The van der Waals surface area contributed by atoms with Crippen LogP contribution in [0.25, 0.3) is 11.0 Å². The van der Waals surface area contributed by atoms with Crippen molar-refractivity contribution in [2.45, 2.75) is 32.5 Å². The summed E-state index contributed by atoms with van der Waals surface area (Å²) >= 11 is 0. The summed E-state index contributed by atoms with van der Waals surface area (Å²) in [4.78, 5) is 14.3. The molecule has 1 aromatic heterocycles. The zero-order chi connectivity index (χ0) is 14.1. The summed E-state index contributed by atoms with van der Waals surface area (Å²) in [6.07, 6.45) is 2.28. The van der Waals surface area contributed by atoms with E-state index >= 15 is 0 Å². The van der Waals surface area contributed by atoms with Crippen molar-refractivity contribution in [2.75, 3.05) is 13.1 Å². The number of nitrogens with zero attached hydrogens (tertiary/aromatic N) is 1. The van der Waals surface area contributed by atoms with E-state index in [-0.39, 0.29) is 18.1 Å². The minimum absolute atomic E-state index is 0.101. The zero-order valence-corrected chi connectivity index (χ0v) is 11.8. The predicted octanol–water partition coefficient (Wildman–Crippen LogP) is 2.61. The molecule has 2 heterocycles. The fraction of sp³-hybridized carbons (Fsp3) is 0.438. The first-order valence-corrected chi connectivity index (χ1v) is 7.02. The van der Waals surface area contributed by atoms with E-state index < -0.39 is 0 Å². The van der Waals surface area contributed by atoms with E-state index in [1.165, 1.54) is 0 Å². The van der Waals surface area contributed by atoms with Crippen molar-refractivity contribution in [1.82, 2.24) is 4.90 Å². The smallest absolute Gasteiger partial charge is 0.227 e. The maximum Gasteiger partial charge on any atom is 0.227 e. The number of hydrogen-bond acceptors (Lipinski definition) is 3. The average molecular weight is 273 g/mol. The van der Waals surface area contributed by atoms with Crippen LogP contribution in [-0.2, 0) is 16.0 Å². The van der Waals surface area contributed by atoms with Gasteiger partial charge in [0.1, 0.15) is 5.58 Å². The Bertz CT molecular complexity index is 609. The van der Waals surface area contributed by atoms with E-state index in [4.69, 9.17) is 9.15 Å². The van der Waals surface area contributed by atoms with Crippen LogP contribution in [0.5, 0.6) is 0 Å². The molecule has 1 aromatic carbocycles. The molecule has 4 heteroatoms. The minimum Gasteiger partial charge on any atom is -0.464 e. The lowest BCUT2D eigenvalue weighted by atomic mass is 10.1. The second-order valence-electron chi connectivity index (χ2n) is 5.49. The predicted molar refractivity (Wildman–Crippen MR) is 76.5 cm³/mol. The number of morpholine rings is 1. The summed E-state index contributed by atoms with van der Waals surface area (Å²) < 4.78 is 11.1. The molecule has 0 saturated carbocycles. The van der Waals surface area contributed by atoms with Crippen LogP contribution in [0.1, 0.15) is 19.4 Å². The summed E-state index contributed by atoms with van der Waals surface area (Å²) in [5.74, 6) is 0.138. The zero-order valence-electron chi connectivity index (χ0n) is 11.8. The molecule has 1 amide bonds. The van der Waals surface area contributed by atoms with Crippen LogP contribution in [0.4, 0.5) is 0 Å². The first-order chi connectivity index (χ1) is 9.63. The average Bonchev–Trinajstić information content (AvgIpc) is 2.81. The second kappa shape index (κ2) is 5.29. The molecule has 1 saturated heterocycles. The minimum atomic E-state index is 0.101. The standard InChI is InChI=1S/C16H19NO3/c1-11-8-17(9-12(2)20-11)16(18)7-13-10-19-15-6-4-3-5-14(13)15/h3-6,10-12H,7-9H2,1-2H3. The molecule has 2 aromatic rings. The SMILES string of the molecule is CC1CN(C(=O)Cc2coc3ccccc23)CC(C)O1. The molecule has 2 atom stereocenters. The van der Waals surface area contributed by atoms with Crippen molar-refractivity contribution in [2.24, 2.45) is 0 Å². The van der Waals surface area contributed by atoms with E-state index in [2.05, 4.69) is 0 Å². The van der Waals surface area contributed by atoms with Gasteiger partial charge >= 0.3 is 0 Å². The Labute approximate surface area is 118 Å². The normalized spacial score (nSPS) is 23.2. The van der Waals surface area contributed by atoms with Gasteiger partial charge < -0.3 is 14.1 Å². The lowest BCUT2D eigenvalue weighted by Crippen LogP contribution is -2.48. The Kier molecular flexibility index (Phi) is 3.49. The van der Waals surface area contributed by atoms with Crippen LogP contribution < -0.4 is 0 Å². The van der Waals surface area contributed by atoms with Gasteiger partial charge in [-0.05, 0) is 19.9 Å². The summed E-state index contributed by atoms with van der Waals surface area (Å²) in [5, 5.41) is 1.02. The molecule has 3 rings (SSSR count).